The maximum atomic E-state index is 12.7. The van der Waals surface area contributed by atoms with Crippen LogP contribution >= 0.6 is 23.2 Å². The van der Waals surface area contributed by atoms with Gasteiger partial charge < -0.3 is 10.0 Å². The molecular formula is C24H21Cl2NO4S. The molecule has 1 heterocycles. The Balaban J connectivity index is 1.40. The van der Waals surface area contributed by atoms with E-state index >= 15 is 0 Å². The predicted octanol–water partition coefficient (Wildman–Crippen LogP) is 4.40. The molecule has 1 aliphatic heterocycles. The summed E-state index contributed by atoms with van der Waals surface area (Å²) in [4.78, 5) is 14.3. The van der Waals surface area contributed by atoms with E-state index in [4.69, 9.17) is 23.2 Å². The lowest BCUT2D eigenvalue weighted by Crippen LogP contribution is -2.64. The van der Waals surface area contributed by atoms with Gasteiger partial charge in [-0.2, -0.15) is 0 Å². The number of carbonyl (C=O) groups excluding carboxylic acids is 1. The zero-order valence-corrected chi connectivity index (χ0v) is 19.4. The van der Waals surface area contributed by atoms with Crippen molar-refractivity contribution in [3.8, 4) is 0 Å². The van der Waals surface area contributed by atoms with Crippen molar-refractivity contribution < 1.29 is 18.3 Å². The first-order valence-corrected chi connectivity index (χ1v) is 12.4. The number of rotatable bonds is 6. The largest absolute Gasteiger partial charge is 0.386 e. The van der Waals surface area contributed by atoms with Crippen molar-refractivity contribution in [2.75, 3.05) is 13.1 Å². The van der Waals surface area contributed by atoms with Crippen molar-refractivity contribution in [1.82, 2.24) is 4.90 Å². The number of amides is 1. The highest BCUT2D eigenvalue weighted by molar-refractivity contribution is 7.90. The summed E-state index contributed by atoms with van der Waals surface area (Å²) in [6.07, 6.45) is 0.487. The minimum Gasteiger partial charge on any atom is -0.386 e. The zero-order chi connectivity index (χ0) is 22.9. The second-order valence-corrected chi connectivity index (χ2v) is 10.8. The molecule has 0 aromatic heterocycles. The Bertz CT molecular complexity index is 1240. The van der Waals surface area contributed by atoms with Crippen molar-refractivity contribution in [2.24, 2.45) is 0 Å². The molecule has 0 spiro atoms. The maximum absolute atomic E-state index is 12.7. The van der Waals surface area contributed by atoms with Crippen LogP contribution in [0.5, 0.6) is 0 Å². The molecular weight excluding hydrogens is 469 g/mol. The van der Waals surface area contributed by atoms with Crippen molar-refractivity contribution in [2.45, 2.75) is 22.7 Å². The summed E-state index contributed by atoms with van der Waals surface area (Å²) in [6, 6.07) is 20.6. The summed E-state index contributed by atoms with van der Waals surface area (Å²) < 4.78 is 25.5. The fourth-order valence-electron chi connectivity index (χ4n) is 3.84. The van der Waals surface area contributed by atoms with Gasteiger partial charge >= 0.3 is 0 Å². The van der Waals surface area contributed by atoms with Crippen LogP contribution in [-0.4, -0.2) is 43.0 Å². The topological polar surface area (TPSA) is 74.7 Å². The molecule has 1 aliphatic rings. The van der Waals surface area contributed by atoms with Gasteiger partial charge in [0, 0.05) is 12.0 Å². The molecule has 32 heavy (non-hydrogen) atoms. The van der Waals surface area contributed by atoms with Crippen molar-refractivity contribution in [3.63, 3.8) is 0 Å². The fraction of sp³-hybridized carbons (Fsp3) is 0.208. The molecule has 0 atom stereocenters. The van der Waals surface area contributed by atoms with Crippen molar-refractivity contribution >= 4 is 38.9 Å². The maximum Gasteiger partial charge on any atom is 0.254 e. The SMILES string of the molecule is O=C(c1ccc(CS(=O)(=O)c2cccc(Cl)c2Cl)cc1)N1CC(O)(Cc2ccccc2)C1. The number of likely N-dealkylation sites (tertiary alicyclic amines) is 1. The van der Waals surface area contributed by atoms with E-state index in [1.807, 2.05) is 30.3 Å². The molecule has 3 aromatic rings. The molecule has 1 N–H and O–H groups in total. The standard InChI is InChI=1S/C24H21Cl2NO4S/c25-20-7-4-8-21(22(20)26)32(30,31)14-18-9-11-19(12-10-18)23(28)27-15-24(29,16-27)13-17-5-2-1-3-6-17/h1-12,29H,13-16H2. The van der Waals surface area contributed by atoms with Gasteiger partial charge in [0.05, 0.1) is 33.8 Å². The number of sulfone groups is 1. The number of carbonyl (C=O) groups is 1. The van der Waals surface area contributed by atoms with E-state index in [2.05, 4.69) is 0 Å². The number of hydrogen-bond acceptors (Lipinski definition) is 4. The lowest BCUT2D eigenvalue weighted by Gasteiger charge is -2.46. The van der Waals surface area contributed by atoms with E-state index in [1.165, 1.54) is 18.2 Å². The van der Waals surface area contributed by atoms with Gasteiger partial charge in [-0.3, -0.25) is 4.79 Å². The third kappa shape index (κ3) is 4.84. The lowest BCUT2D eigenvalue weighted by molar-refractivity contribution is -0.0799. The fourth-order valence-corrected chi connectivity index (χ4v) is 6.01. The van der Waals surface area contributed by atoms with E-state index in [0.29, 0.717) is 17.5 Å². The summed E-state index contributed by atoms with van der Waals surface area (Å²) in [5, 5.41) is 10.8. The highest BCUT2D eigenvalue weighted by Gasteiger charge is 2.43. The first-order valence-electron chi connectivity index (χ1n) is 9.98. The quantitative estimate of drug-likeness (QED) is 0.556. The van der Waals surface area contributed by atoms with E-state index < -0.39 is 15.4 Å². The molecule has 0 saturated carbocycles. The van der Waals surface area contributed by atoms with Crippen molar-refractivity contribution in [1.29, 1.82) is 0 Å². The Hall–Kier alpha value is -2.38. The van der Waals surface area contributed by atoms with Crippen LogP contribution in [0.1, 0.15) is 21.5 Å². The predicted molar refractivity (Wildman–Crippen MR) is 125 cm³/mol. The molecule has 0 radical (unpaired) electrons. The van der Waals surface area contributed by atoms with E-state index in [1.54, 1.807) is 29.2 Å². The van der Waals surface area contributed by atoms with Gasteiger partial charge in [0.25, 0.3) is 5.91 Å². The van der Waals surface area contributed by atoms with Gasteiger partial charge in [-0.05, 0) is 35.4 Å². The molecule has 1 saturated heterocycles. The molecule has 0 aliphatic carbocycles. The van der Waals surface area contributed by atoms with Gasteiger partial charge in [-0.25, -0.2) is 8.42 Å². The highest BCUT2D eigenvalue weighted by atomic mass is 35.5. The van der Waals surface area contributed by atoms with E-state index in [0.717, 1.165) is 5.56 Å². The van der Waals surface area contributed by atoms with Crippen molar-refractivity contribution in [3.05, 3.63) is 99.5 Å². The number of nitrogens with zero attached hydrogens (tertiary/aromatic N) is 1. The molecule has 0 unspecified atom stereocenters. The van der Waals surface area contributed by atoms with Crippen LogP contribution in [0.15, 0.2) is 77.7 Å². The number of benzene rings is 3. The van der Waals surface area contributed by atoms with Crippen LogP contribution in [0.25, 0.3) is 0 Å². The Kier molecular flexibility index (Phi) is 6.32. The van der Waals surface area contributed by atoms with Gasteiger partial charge in [-0.1, -0.05) is 71.7 Å². The van der Waals surface area contributed by atoms with Crippen LogP contribution in [0.2, 0.25) is 10.0 Å². The molecule has 4 rings (SSSR count). The Morgan fingerprint density at radius 3 is 2.22 bits per heavy atom. The van der Waals surface area contributed by atoms with Gasteiger partial charge in [0.2, 0.25) is 0 Å². The minimum atomic E-state index is -3.70. The first kappa shape index (κ1) is 22.8. The molecule has 0 bridgehead atoms. The monoisotopic (exact) mass is 489 g/mol. The Labute approximate surface area is 197 Å². The van der Waals surface area contributed by atoms with Crippen LogP contribution in [0.3, 0.4) is 0 Å². The molecule has 3 aromatic carbocycles. The van der Waals surface area contributed by atoms with Gasteiger partial charge in [0.1, 0.15) is 5.60 Å². The summed E-state index contributed by atoms with van der Waals surface area (Å²) in [5.41, 5.74) is 1.06. The minimum absolute atomic E-state index is 0.00161. The third-order valence-corrected chi connectivity index (χ3v) is 8.10. The average Bonchev–Trinajstić information content (AvgIpc) is 2.74. The van der Waals surface area contributed by atoms with Gasteiger partial charge in [0.15, 0.2) is 9.84 Å². The summed E-state index contributed by atoms with van der Waals surface area (Å²) in [5.74, 6) is -0.461. The van der Waals surface area contributed by atoms with Crippen LogP contribution in [0, 0.1) is 0 Å². The van der Waals surface area contributed by atoms with Crippen LogP contribution in [0.4, 0.5) is 0 Å². The highest BCUT2D eigenvalue weighted by Crippen LogP contribution is 2.31. The van der Waals surface area contributed by atoms with E-state index in [9.17, 15) is 18.3 Å². The Morgan fingerprint density at radius 1 is 0.906 bits per heavy atom. The number of halogens is 2. The number of aliphatic hydroxyl groups is 1. The average molecular weight is 490 g/mol. The molecule has 166 valence electrons. The smallest absolute Gasteiger partial charge is 0.254 e. The second-order valence-electron chi connectivity index (χ2n) is 8.06. The van der Waals surface area contributed by atoms with Gasteiger partial charge in [-0.15, -0.1) is 0 Å². The molecule has 8 heteroatoms. The first-order chi connectivity index (χ1) is 15.2. The molecule has 1 fully saturated rings. The van der Waals surface area contributed by atoms with E-state index in [-0.39, 0.29) is 39.7 Å². The second kappa shape index (κ2) is 8.87. The lowest BCUT2D eigenvalue weighted by atomic mass is 9.86. The molecule has 5 nitrogen and oxygen atoms in total. The number of hydrogen-bond donors (Lipinski definition) is 1. The zero-order valence-electron chi connectivity index (χ0n) is 17.0. The normalized spacial score (nSPS) is 15.3. The summed E-state index contributed by atoms with van der Waals surface area (Å²) >= 11 is 12.0. The summed E-state index contributed by atoms with van der Waals surface area (Å²) in [7, 11) is -3.70. The number of β-amino-alcohol motifs (C(OH)–C–C–N with tert-alkyl or cyclic N) is 1. The molecule has 1 amide bonds. The van der Waals surface area contributed by atoms with Crippen LogP contribution < -0.4 is 0 Å². The summed E-state index contributed by atoms with van der Waals surface area (Å²) in [6.45, 7) is 0.508. The van der Waals surface area contributed by atoms with Crippen LogP contribution in [-0.2, 0) is 22.0 Å². The Morgan fingerprint density at radius 2 is 1.56 bits per heavy atom. The third-order valence-electron chi connectivity index (χ3n) is 5.44.